The third-order valence-electron chi connectivity index (χ3n) is 4.70. The largest absolute Gasteiger partial charge is 0.349 e. The van der Waals surface area contributed by atoms with Gasteiger partial charge in [-0.15, -0.1) is 5.10 Å². The zero-order valence-corrected chi connectivity index (χ0v) is 14.6. The van der Waals surface area contributed by atoms with Crippen LogP contribution in [0.25, 0.3) is 11.3 Å². The molecule has 1 fully saturated rings. The smallest absolute Gasteiger partial charge is 0.266 e. The average Bonchev–Trinajstić information content (AvgIpc) is 3.18. The first-order valence-corrected chi connectivity index (χ1v) is 8.73. The molecule has 0 aliphatic carbocycles. The molecule has 1 aliphatic heterocycles. The van der Waals surface area contributed by atoms with E-state index in [1.165, 1.54) is 16.9 Å². The van der Waals surface area contributed by atoms with E-state index in [0.717, 1.165) is 30.6 Å². The van der Waals surface area contributed by atoms with Gasteiger partial charge in [-0.05, 0) is 37.1 Å². The summed E-state index contributed by atoms with van der Waals surface area (Å²) in [4.78, 5) is 18.4. The summed E-state index contributed by atoms with van der Waals surface area (Å²) in [6, 6.07) is 10.8. The Balaban J connectivity index is 1.64. The molecule has 0 amide bonds. The molecule has 1 saturated heterocycles. The topological polar surface area (TPSA) is 101 Å². The van der Waals surface area contributed by atoms with Gasteiger partial charge < -0.3 is 4.90 Å². The van der Waals surface area contributed by atoms with Crippen molar-refractivity contribution in [3.05, 3.63) is 64.8 Å². The van der Waals surface area contributed by atoms with E-state index in [-0.39, 0.29) is 11.6 Å². The van der Waals surface area contributed by atoms with E-state index in [1.54, 1.807) is 24.5 Å². The van der Waals surface area contributed by atoms with Crippen molar-refractivity contribution < 1.29 is 0 Å². The van der Waals surface area contributed by atoms with Crippen LogP contribution in [0.2, 0.25) is 0 Å². The Labute approximate surface area is 155 Å². The number of hydrogen-bond donors (Lipinski definition) is 0. The minimum absolute atomic E-state index is 0.0340. The summed E-state index contributed by atoms with van der Waals surface area (Å²) >= 11 is 0. The van der Waals surface area contributed by atoms with Gasteiger partial charge in [0, 0.05) is 30.6 Å². The Bertz CT molecular complexity index is 1040. The van der Waals surface area contributed by atoms with Crippen LogP contribution in [0, 0.1) is 11.3 Å². The number of pyridine rings is 1. The SMILES string of the molecule is N#Cc1ccnnc1N1CCCC1Cn1nc(-c2ccncc2)ccc1=O. The van der Waals surface area contributed by atoms with Gasteiger partial charge in [0.05, 0.1) is 30.0 Å². The van der Waals surface area contributed by atoms with Gasteiger partial charge in [-0.2, -0.15) is 15.5 Å². The van der Waals surface area contributed by atoms with Gasteiger partial charge in [0.15, 0.2) is 5.82 Å². The van der Waals surface area contributed by atoms with Crippen LogP contribution in [-0.4, -0.2) is 37.5 Å². The number of aromatic nitrogens is 5. The lowest BCUT2D eigenvalue weighted by Gasteiger charge is -2.26. The fraction of sp³-hybridized carbons (Fsp3) is 0.263. The van der Waals surface area contributed by atoms with Crippen LogP contribution in [0.5, 0.6) is 0 Å². The Morgan fingerprint density at radius 2 is 2.00 bits per heavy atom. The van der Waals surface area contributed by atoms with E-state index in [9.17, 15) is 10.1 Å². The van der Waals surface area contributed by atoms with Crippen molar-refractivity contribution in [1.82, 2.24) is 25.0 Å². The first-order valence-electron chi connectivity index (χ1n) is 8.73. The molecular formula is C19H17N7O. The minimum atomic E-state index is -0.153. The van der Waals surface area contributed by atoms with Crippen LogP contribution < -0.4 is 10.5 Å². The summed E-state index contributed by atoms with van der Waals surface area (Å²) in [6.07, 6.45) is 6.77. The first-order chi connectivity index (χ1) is 13.3. The van der Waals surface area contributed by atoms with Crippen LogP contribution >= 0.6 is 0 Å². The third kappa shape index (κ3) is 3.40. The predicted octanol–water partition coefficient (Wildman–Crippen LogP) is 1.64. The van der Waals surface area contributed by atoms with E-state index < -0.39 is 0 Å². The van der Waals surface area contributed by atoms with E-state index >= 15 is 0 Å². The molecular weight excluding hydrogens is 342 g/mol. The molecule has 3 aromatic heterocycles. The zero-order chi connectivity index (χ0) is 18.6. The van der Waals surface area contributed by atoms with Crippen molar-refractivity contribution in [3.63, 3.8) is 0 Å². The molecule has 0 spiro atoms. The highest BCUT2D eigenvalue weighted by atomic mass is 16.1. The molecule has 0 N–H and O–H groups in total. The Morgan fingerprint density at radius 3 is 2.81 bits per heavy atom. The van der Waals surface area contributed by atoms with Crippen molar-refractivity contribution in [1.29, 1.82) is 5.26 Å². The summed E-state index contributed by atoms with van der Waals surface area (Å²) in [5.74, 6) is 0.570. The molecule has 1 atom stereocenters. The molecule has 8 nitrogen and oxygen atoms in total. The van der Waals surface area contributed by atoms with Gasteiger partial charge in [0.1, 0.15) is 6.07 Å². The second kappa shape index (κ2) is 7.33. The second-order valence-electron chi connectivity index (χ2n) is 6.34. The van der Waals surface area contributed by atoms with Crippen LogP contribution in [0.1, 0.15) is 18.4 Å². The highest BCUT2D eigenvalue weighted by Crippen LogP contribution is 2.26. The monoisotopic (exact) mass is 359 g/mol. The van der Waals surface area contributed by atoms with Crippen molar-refractivity contribution >= 4 is 5.82 Å². The number of hydrogen-bond acceptors (Lipinski definition) is 7. The number of nitrogens with zero attached hydrogens (tertiary/aromatic N) is 7. The van der Waals surface area contributed by atoms with Crippen LogP contribution in [-0.2, 0) is 6.54 Å². The van der Waals surface area contributed by atoms with Crippen LogP contribution in [0.3, 0.4) is 0 Å². The maximum absolute atomic E-state index is 12.3. The maximum atomic E-state index is 12.3. The first kappa shape index (κ1) is 16.8. The zero-order valence-electron chi connectivity index (χ0n) is 14.6. The van der Waals surface area contributed by atoms with Gasteiger partial charge in [-0.3, -0.25) is 9.78 Å². The molecule has 0 bridgehead atoms. The maximum Gasteiger partial charge on any atom is 0.266 e. The van der Waals surface area contributed by atoms with Gasteiger partial charge in [-0.1, -0.05) is 0 Å². The van der Waals surface area contributed by atoms with E-state index in [2.05, 4.69) is 31.2 Å². The Hall–Kier alpha value is -3.60. The predicted molar refractivity (Wildman–Crippen MR) is 98.8 cm³/mol. The second-order valence-corrected chi connectivity index (χ2v) is 6.34. The van der Waals surface area contributed by atoms with Crippen molar-refractivity contribution in [2.75, 3.05) is 11.4 Å². The van der Waals surface area contributed by atoms with Gasteiger partial charge in [0.2, 0.25) is 0 Å². The molecule has 4 rings (SSSR count). The Kier molecular flexibility index (Phi) is 4.58. The molecule has 3 aromatic rings. The summed E-state index contributed by atoms with van der Waals surface area (Å²) in [5.41, 5.74) is 1.96. The fourth-order valence-electron chi connectivity index (χ4n) is 3.38. The number of anilines is 1. The fourth-order valence-corrected chi connectivity index (χ4v) is 3.38. The van der Waals surface area contributed by atoms with Gasteiger partial charge >= 0.3 is 0 Å². The van der Waals surface area contributed by atoms with Gasteiger partial charge in [0.25, 0.3) is 5.56 Å². The molecule has 134 valence electrons. The van der Waals surface area contributed by atoms with E-state index in [0.29, 0.717) is 17.9 Å². The van der Waals surface area contributed by atoms with Crippen molar-refractivity contribution in [2.45, 2.75) is 25.4 Å². The highest BCUT2D eigenvalue weighted by molar-refractivity contribution is 5.57. The summed E-state index contributed by atoms with van der Waals surface area (Å²) in [5, 5.41) is 21.9. The molecule has 1 unspecified atom stereocenters. The molecule has 0 radical (unpaired) electrons. The van der Waals surface area contributed by atoms with E-state index in [1.807, 2.05) is 12.1 Å². The minimum Gasteiger partial charge on any atom is -0.349 e. The van der Waals surface area contributed by atoms with E-state index in [4.69, 9.17) is 0 Å². The highest BCUT2D eigenvalue weighted by Gasteiger charge is 2.28. The quantitative estimate of drug-likeness (QED) is 0.698. The Morgan fingerprint density at radius 1 is 1.15 bits per heavy atom. The van der Waals surface area contributed by atoms with Gasteiger partial charge in [-0.25, -0.2) is 4.68 Å². The molecule has 4 heterocycles. The molecule has 0 saturated carbocycles. The third-order valence-corrected chi connectivity index (χ3v) is 4.70. The lowest BCUT2D eigenvalue weighted by Crippen LogP contribution is -2.38. The average molecular weight is 359 g/mol. The summed E-state index contributed by atoms with van der Waals surface area (Å²) in [6.45, 7) is 1.20. The number of rotatable bonds is 4. The summed E-state index contributed by atoms with van der Waals surface area (Å²) < 4.78 is 1.49. The lowest BCUT2D eigenvalue weighted by atomic mass is 10.2. The normalized spacial score (nSPS) is 16.3. The molecule has 8 heteroatoms. The molecule has 27 heavy (non-hydrogen) atoms. The van der Waals surface area contributed by atoms with Crippen molar-refractivity contribution in [2.24, 2.45) is 0 Å². The lowest BCUT2D eigenvalue weighted by molar-refractivity contribution is 0.488. The standard InChI is InChI=1S/C19H17N7O/c20-12-15-7-10-22-23-19(15)25-11-1-2-16(25)13-26-18(27)4-3-17(24-26)14-5-8-21-9-6-14/h3-10,16H,1-2,11,13H2. The van der Waals surface area contributed by atoms with Crippen molar-refractivity contribution in [3.8, 4) is 17.3 Å². The summed E-state index contributed by atoms with van der Waals surface area (Å²) in [7, 11) is 0. The van der Waals surface area contributed by atoms with Crippen LogP contribution in [0.15, 0.2) is 53.7 Å². The number of nitriles is 1. The molecule has 0 aromatic carbocycles. The molecule has 1 aliphatic rings. The van der Waals surface area contributed by atoms with Crippen LogP contribution in [0.4, 0.5) is 5.82 Å².